The van der Waals surface area contributed by atoms with Gasteiger partial charge in [-0.25, -0.2) is 0 Å². The molecule has 7 heteroatoms. The second-order valence-electron chi connectivity index (χ2n) is 8.61. The summed E-state index contributed by atoms with van der Waals surface area (Å²) in [6.45, 7) is 5.11. The van der Waals surface area contributed by atoms with Gasteiger partial charge < -0.3 is 4.90 Å². The molecule has 2 heterocycles. The molecule has 6 nitrogen and oxygen atoms in total. The van der Waals surface area contributed by atoms with Crippen LogP contribution < -0.4 is 4.90 Å². The van der Waals surface area contributed by atoms with Crippen LogP contribution in [0.3, 0.4) is 0 Å². The molecule has 2 saturated heterocycles. The Morgan fingerprint density at radius 1 is 0.966 bits per heavy atom. The fraction of sp³-hybridized carbons (Fsp3) is 0.636. The van der Waals surface area contributed by atoms with E-state index in [2.05, 4.69) is 15.9 Å². The normalized spacial score (nSPS) is 22.7. The van der Waals surface area contributed by atoms with Crippen LogP contribution in [0.25, 0.3) is 0 Å². The van der Waals surface area contributed by atoms with Crippen molar-refractivity contribution in [3.8, 4) is 0 Å². The number of amides is 2. The highest BCUT2D eigenvalue weighted by Gasteiger charge is 2.45. The van der Waals surface area contributed by atoms with Crippen molar-refractivity contribution in [3.63, 3.8) is 0 Å². The number of piperazine rings is 1. The Kier molecular flexibility index (Phi) is 6.42. The van der Waals surface area contributed by atoms with Gasteiger partial charge in [0.2, 0.25) is 0 Å². The first-order valence-electron chi connectivity index (χ1n) is 10.8. The van der Waals surface area contributed by atoms with Gasteiger partial charge in [-0.2, -0.15) is 5.06 Å². The van der Waals surface area contributed by atoms with Crippen LogP contribution >= 0.6 is 11.6 Å². The van der Waals surface area contributed by atoms with Gasteiger partial charge in [-0.3, -0.25) is 19.3 Å². The summed E-state index contributed by atoms with van der Waals surface area (Å²) in [6.07, 6.45) is 5.98. The maximum Gasteiger partial charge on any atom is 0.254 e. The number of para-hydroxylation sites is 1. The van der Waals surface area contributed by atoms with Crippen molar-refractivity contribution in [1.29, 1.82) is 0 Å². The van der Waals surface area contributed by atoms with Gasteiger partial charge in [0.1, 0.15) is 0 Å². The molecule has 2 amide bonds. The number of carbonyl (C=O) groups excluding carboxylic acids is 2. The Labute approximate surface area is 177 Å². The number of hydrogen-bond acceptors (Lipinski definition) is 5. The van der Waals surface area contributed by atoms with Gasteiger partial charge in [0.25, 0.3) is 11.8 Å². The number of hydrogen-bond donors (Lipinski definition) is 0. The standard InChI is InChI=1S/C22H30ClN3O3/c23-18-6-1-2-7-19(18)25-13-11-24(12-14-25)10-5-15-29-26-20(27)16-22(17-21(26)28)8-3-4-9-22/h1-2,6-7H,3-5,8-17H2. The molecule has 3 aliphatic rings. The third-order valence-corrected chi connectivity index (χ3v) is 6.89. The van der Waals surface area contributed by atoms with E-state index in [1.165, 1.54) is 0 Å². The van der Waals surface area contributed by atoms with E-state index in [0.717, 1.165) is 80.6 Å². The van der Waals surface area contributed by atoms with Crippen LogP contribution in [0.4, 0.5) is 5.69 Å². The number of rotatable bonds is 6. The van der Waals surface area contributed by atoms with E-state index in [1.54, 1.807) is 0 Å². The molecule has 0 unspecified atom stereocenters. The molecule has 0 radical (unpaired) electrons. The van der Waals surface area contributed by atoms with Crippen molar-refractivity contribution in [3.05, 3.63) is 29.3 Å². The van der Waals surface area contributed by atoms with Gasteiger partial charge in [-0.1, -0.05) is 36.6 Å². The first-order chi connectivity index (χ1) is 14.1. The van der Waals surface area contributed by atoms with Crippen molar-refractivity contribution in [2.45, 2.75) is 44.9 Å². The number of carbonyl (C=O) groups is 2. The van der Waals surface area contributed by atoms with Crippen molar-refractivity contribution in [2.24, 2.45) is 5.41 Å². The molecule has 29 heavy (non-hydrogen) atoms. The highest BCUT2D eigenvalue weighted by atomic mass is 35.5. The third-order valence-electron chi connectivity index (χ3n) is 6.57. The molecule has 1 saturated carbocycles. The number of imide groups is 1. The van der Waals surface area contributed by atoms with E-state index in [4.69, 9.17) is 16.4 Å². The van der Waals surface area contributed by atoms with Gasteiger partial charge in [0, 0.05) is 45.6 Å². The van der Waals surface area contributed by atoms with Gasteiger partial charge in [0.05, 0.1) is 17.3 Å². The minimum absolute atomic E-state index is 0.0741. The molecule has 1 aromatic rings. The Bertz CT molecular complexity index is 723. The molecule has 2 aliphatic heterocycles. The lowest BCUT2D eigenvalue weighted by molar-refractivity contribution is -0.205. The summed E-state index contributed by atoms with van der Waals surface area (Å²) in [5, 5.41) is 1.84. The molecule has 1 aliphatic carbocycles. The number of halogens is 1. The van der Waals surface area contributed by atoms with E-state index in [1.807, 2.05) is 18.2 Å². The van der Waals surface area contributed by atoms with Crippen molar-refractivity contribution < 1.29 is 14.4 Å². The van der Waals surface area contributed by atoms with E-state index in [9.17, 15) is 9.59 Å². The van der Waals surface area contributed by atoms with Gasteiger partial charge in [-0.15, -0.1) is 0 Å². The molecule has 3 fully saturated rings. The molecule has 1 aromatic carbocycles. The minimum atomic E-state index is -0.156. The largest absolute Gasteiger partial charge is 0.368 e. The Morgan fingerprint density at radius 2 is 1.62 bits per heavy atom. The summed E-state index contributed by atoms with van der Waals surface area (Å²) in [7, 11) is 0. The molecular weight excluding hydrogens is 390 g/mol. The Morgan fingerprint density at radius 3 is 2.28 bits per heavy atom. The zero-order valence-electron chi connectivity index (χ0n) is 16.9. The van der Waals surface area contributed by atoms with Crippen LogP contribution in [0.2, 0.25) is 5.02 Å². The first kappa shape index (κ1) is 20.6. The van der Waals surface area contributed by atoms with Gasteiger partial charge in [0.15, 0.2) is 0 Å². The predicted octanol–water partition coefficient (Wildman–Crippen LogP) is 3.49. The van der Waals surface area contributed by atoms with Crippen LogP contribution in [-0.2, 0) is 14.4 Å². The molecule has 0 aromatic heterocycles. The summed E-state index contributed by atoms with van der Waals surface area (Å²) in [5.74, 6) is -0.312. The van der Waals surface area contributed by atoms with E-state index in [-0.39, 0.29) is 17.2 Å². The Hall–Kier alpha value is -1.63. The molecule has 4 rings (SSSR count). The topological polar surface area (TPSA) is 53.1 Å². The lowest BCUT2D eigenvalue weighted by atomic mass is 9.77. The van der Waals surface area contributed by atoms with Crippen molar-refractivity contribution in [2.75, 3.05) is 44.2 Å². The second kappa shape index (κ2) is 9.02. The quantitative estimate of drug-likeness (QED) is 0.521. The molecule has 158 valence electrons. The number of hydroxylamine groups is 2. The van der Waals surface area contributed by atoms with E-state index in [0.29, 0.717) is 19.4 Å². The molecule has 0 N–H and O–H groups in total. The van der Waals surface area contributed by atoms with Crippen LogP contribution in [0.5, 0.6) is 0 Å². The summed E-state index contributed by atoms with van der Waals surface area (Å²) < 4.78 is 0. The first-order valence-corrected chi connectivity index (χ1v) is 11.1. The van der Waals surface area contributed by atoms with Crippen molar-refractivity contribution >= 4 is 29.1 Å². The van der Waals surface area contributed by atoms with E-state index < -0.39 is 0 Å². The SMILES string of the molecule is O=C1CC2(CCCC2)CC(=O)N1OCCCN1CCN(c2ccccc2Cl)CC1. The summed E-state index contributed by atoms with van der Waals surface area (Å²) in [6, 6.07) is 7.96. The predicted molar refractivity (Wildman–Crippen MR) is 113 cm³/mol. The summed E-state index contributed by atoms with van der Waals surface area (Å²) in [4.78, 5) is 35.1. The highest BCUT2D eigenvalue weighted by Crippen LogP contribution is 2.46. The number of benzene rings is 1. The fourth-order valence-corrected chi connectivity index (χ4v) is 5.23. The van der Waals surface area contributed by atoms with Gasteiger partial charge in [-0.05, 0) is 36.8 Å². The molecular formula is C22H30ClN3O3. The summed E-state index contributed by atoms with van der Waals surface area (Å²) in [5.41, 5.74) is 1.02. The zero-order valence-corrected chi connectivity index (χ0v) is 17.7. The minimum Gasteiger partial charge on any atom is -0.368 e. The number of nitrogens with zero attached hydrogens (tertiary/aromatic N) is 3. The van der Waals surface area contributed by atoms with Crippen LogP contribution in [0, 0.1) is 5.41 Å². The molecule has 1 spiro atoms. The van der Waals surface area contributed by atoms with Gasteiger partial charge >= 0.3 is 0 Å². The maximum absolute atomic E-state index is 12.4. The Balaban J connectivity index is 1.17. The number of anilines is 1. The highest BCUT2D eigenvalue weighted by molar-refractivity contribution is 6.33. The second-order valence-corrected chi connectivity index (χ2v) is 9.02. The van der Waals surface area contributed by atoms with Crippen molar-refractivity contribution in [1.82, 2.24) is 9.96 Å². The monoisotopic (exact) mass is 419 g/mol. The maximum atomic E-state index is 12.4. The molecule has 0 bridgehead atoms. The lowest BCUT2D eigenvalue weighted by Crippen LogP contribution is -2.48. The van der Waals surface area contributed by atoms with Crippen LogP contribution in [0.1, 0.15) is 44.9 Å². The third kappa shape index (κ3) is 4.76. The average molecular weight is 420 g/mol. The average Bonchev–Trinajstić information content (AvgIpc) is 3.15. The lowest BCUT2D eigenvalue weighted by Gasteiger charge is -2.37. The number of piperidine rings is 1. The van der Waals surface area contributed by atoms with Crippen LogP contribution in [0.15, 0.2) is 24.3 Å². The van der Waals surface area contributed by atoms with E-state index >= 15 is 0 Å². The molecule has 0 atom stereocenters. The van der Waals surface area contributed by atoms with Crippen LogP contribution in [-0.4, -0.2) is 61.1 Å². The zero-order chi connectivity index (χ0) is 20.3. The fourth-order valence-electron chi connectivity index (χ4n) is 4.97. The summed E-state index contributed by atoms with van der Waals surface area (Å²) >= 11 is 6.30. The smallest absolute Gasteiger partial charge is 0.254 e.